The lowest BCUT2D eigenvalue weighted by molar-refractivity contribution is -0.384. The van der Waals surface area contributed by atoms with Crippen molar-refractivity contribution in [3.63, 3.8) is 0 Å². The molecule has 35 heavy (non-hydrogen) atoms. The van der Waals surface area contributed by atoms with Crippen LogP contribution in [0.1, 0.15) is 55.2 Å². The number of ether oxygens (including phenoxy) is 2. The Bertz CT molecular complexity index is 1160. The van der Waals surface area contributed by atoms with E-state index in [4.69, 9.17) is 9.47 Å². The zero-order chi connectivity index (χ0) is 24.3. The molecule has 2 saturated carbocycles. The number of methoxy groups -OCH3 is 1. The maximum Gasteiger partial charge on any atom is 0.410 e. The van der Waals surface area contributed by atoms with E-state index in [0.29, 0.717) is 36.8 Å². The highest BCUT2D eigenvalue weighted by Crippen LogP contribution is 2.63. The number of hydrogen-bond acceptors (Lipinski definition) is 5. The Morgan fingerprint density at radius 2 is 2.00 bits per heavy atom. The monoisotopic (exact) mass is 476 g/mol. The van der Waals surface area contributed by atoms with Gasteiger partial charge in [0.25, 0.3) is 5.69 Å². The van der Waals surface area contributed by atoms with Gasteiger partial charge in [0.05, 0.1) is 12.0 Å². The van der Waals surface area contributed by atoms with E-state index in [9.17, 15) is 14.9 Å². The minimum Gasteiger partial charge on any atom is -0.497 e. The molecule has 7 heteroatoms. The number of nitro benzene ring substituents is 1. The second-order valence-electron chi connectivity index (χ2n) is 11.1. The van der Waals surface area contributed by atoms with Gasteiger partial charge in [-0.3, -0.25) is 10.1 Å². The van der Waals surface area contributed by atoms with Crippen LogP contribution in [-0.2, 0) is 17.7 Å². The Balaban J connectivity index is 1.20. The van der Waals surface area contributed by atoms with Gasteiger partial charge < -0.3 is 14.4 Å². The molecule has 0 N–H and O–H groups in total. The van der Waals surface area contributed by atoms with Crippen molar-refractivity contribution < 1.29 is 19.2 Å². The van der Waals surface area contributed by atoms with Crippen LogP contribution in [0.4, 0.5) is 10.5 Å². The molecule has 1 saturated heterocycles. The summed E-state index contributed by atoms with van der Waals surface area (Å²) in [5.41, 5.74) is 3.91. The van der Waals surface area contributed by atoms with Gasteiger partial charge in [-0.1, -0.05) is 25.1 Å². The number of carbonyl (C=O) groups excluding carboxylic acids is 1. The minimum atomic E-state index is -0.405. The van der Waals surface area contributed by atoms with E-state index in [-0.39, 0.29) is 23.3 Å². The molecular weight excluding hydrogens is 444 g/mol. The highest BCUT2D eigenvalue weighted by atomic mass is 16.6. The van der Waals surface area contributed by atoms with Crippen molar-refractivity contribution in [2.24, 2.45) is 23.2 Å². The summed E-state index contributed by atoms with van der Waals surface area (Å²) in [7, 11) is 1.73. The molecule has 184 valence electrons. The zero-order valence-corrected chi connectivity index (χ0v) is 20.3. The van der Waals surface area contributed by atoms with Crippen LogP contribution in [-0.4, -0.2) is 35.7 Å². The van der Waals surface area contributed by atoms with Gasteiger partial charge in [0.1, 0.15) is 11.9 Å². The fourth-order valence-electron chi connectivity index (χ4n) is 7.83. The molecule has 0 aromatic heterocycles. The van der Waals surface area contributed by atoms with Crippen LogP contribution in [0, 0.1) is 33.3 Å². The molecule has 0 bridgehead atoms. The number of benzene rings is 2. The van der Waals surface area contributed by atoms with E-state index in [1.165, 1.54) is 29.7 Å². The van der Waals surface area contributed by atoms with Crippen LogP contribution in [0.15, 0.2) is 42.5 Å². The lowest BCUT2D eigenvalue weighted by Gasteiger charge is -2.51. The van der Waals surface area contributed by atoms with E-state index in [1.54, 1.807) is 24.1 Å². The molecule has 2 aromatic carbocycles. The second-order valence-corrected chi connectivity index (χ2v) is 11.1. The number of aryl methyl sites for hydroxylation is 1. The number of non-ortho nitro benzene ring substituents is 1. The standard InChI is InChI=1S/C28H32N2O5/c1-28-12-11-23-22-10-8-21(34-2)13-18(22)5-9-24(23)25(28)14-19-16-29(27(31)35-26(19)28)15-17-3-6-20(7-4-17)30(32)33/h3-4,6-8,10,13,19,23-26H,5,9,11-12,14-16H2,1-2H3/t19-,23+,24+,25-,26+,28-/m0/s1. The molecule has 0 unspecified atom stereocenters. The van der Waals surface area contributed by atoms with Crippen molar-refractivity contribution in [1.29, 1.82) is 0 Å². The third-order valence-electron chi connectivity index (χ3n) is 9.47. The van der Waals surface area contributed by atoms with Crippen molar-refractivity contribution in [3.05, 3.63) is 69.3 Å². The number of hydrogen-bond donors (Lipinski definition) is 0. The Hall–Kier alpha value is -3.09. The van der Waals surface area contributed by atoms with E-state index in [2.05, 4.69) is 25.1 Å². The predicted octanol–water partition coefficient (Wildman–Crippen LogP) is 5.71. The van der Waals surface area contributed by atoms with Gasteiger partial charge in [0, 0.05) is 36.6 Å². The fraction of sp³-hybridized carbons (Fsp3) is 0.536. The molecule has 6 rings (SSSR count). The second kappa shape index (κ2) is 8.25. The molecular formula is C28H32N2O5. The number of rotatable bonds is 4. The van der Waals surface area contributed by atoms with Gasteiger partial charge in [0.15, 0.2) is 0 Å². The Labute approximate surface area is 205 Å². The van der Waals surface area contributed by atoms with Crippen molar-refractivity contribution in [2.75, 3.05) is 13.7 Å². The normalized spacial score (nSPS) is 33.1. The number of nitro groups is 1. The molecule has 2 aromatic rings. The van der Waals surface area contributed by atoms with Crippen LogP contribution in [0.25, 0.3) is 0 Å². The predicted molar refractivity (Wildman–Crippen MR) is 130 cm³/mol. The average Bonchev–Trinajstić information content (AvgIpc) is 3.15. The van der Waals surface area contributed by atoms with Crippen LogP contribution in [0.2, 0.25) is 0 Å². The Morgan fingerprint density at radius 3 is 2.74 bits per heavy atom. The summed E-state index contributed by atoms with van der Waals surface area (Å²) in [6.45, 7) is 3.47. The van der Waals surface area contributed by atoms with E-state index >= 15 is 0 Å². The summed E-state index contributed by atoms with van der Waals surface area (Å²) in [6, 6.07) is 13.0. The molecule has 1 heterocycles. The van der Waals surface area contributed by atoms with Gasteiger partial charge in [-0.15, -0.1) is 0 Å². The fourth-order valence-corrected chi connectivity index (χ4v) is 7.83. The number of nitrogens with zero attached hydrogens (tertiary/aromatic N) is 2. The van der Waals surface area contributed by atoms with Gasteiger partial charge >= 0.3 is 6.09 Å². The first kappa shape index (κ1) is 22.4. The lowest BCUT2D eigenvalue weighted by atomic mass is 9.55. The highest BCUT2D eigenvalue weighted by Gasteiger charge is 2.61. The molecule has 1 aliphatic heterocycles. The van der Waals surface area contributed by atoms with Gasteiger partial charge in [-0.25, -0.2) is 4.79 Å². The first-order chi connectivity index (χ1) is 16.9. The molecule has 7 nitrogen and oxygen atoms in total. The largest absolute Gasteiger partial charge is 0.497 e. The smallest absolute Gasteiger partial charge is 0.410 e. The Morgan fingerprint density at radius 1 is 1.20 bits per heavy atom. The summed E-state index contributed by atoms with van der Waals surface area (Å²) in [5.74, 6) is 3.03. The minimum absolute atomic E-state index is 0.0219. The molecule has 0 spiro atoms. The van der Waals surface area contributed by atoms with Crippen LogP contribution < -0.4 is 4.74 Å². The van der Waals surface area contributed by atoms with E-state index < -0.39 is 4.92 Å². The first-order valence-corrected chi connectivity index (χ1v) is 12.7. The maximum absolute atomic E-state index is 13.0. The summed E-state index contributed by atoms with van der Waals surface area (Å²) in [6.07, 6.45) is 5.32. The third-order valence-corrected chi connectivity index (χ3v) is 9.47. The van der Waals surface area contributed by atoms with E-state index in [0.717, 1.165) is 37.0 Å². The number of fused-ring (bicyclic) bond motifs is 7. The van der Waals surface area contributed by atoms with Gasteiger partial charge in [0.2, 0.25) is 0 Å². The summed E-state index contributed by atoms with van der Waals surface area (Å²) in [4.78, 5) is 25.3. The topological polar surface area (TPSA) is 81.9 Å². The molecule has 3 aliphatic carbocycles. The Kier molecular flexibility index (Phi) is 5.27. The molecule has 6 atom stereocenters. The van der Waals surface area contributed by atoms with Crippen LogP contribution in [0.3, 0.4) is 0 Å². The first-order valence-electron chi connectivity index (χ1n) is 12.7. The lowest BCUT2D eigenvalue weighted by Crippen LogP contribution is -2.51. The highest BCUT2D eigenvalue weighted by molar-refractivity contribution is 5.69. The van der Waals surface area contributed by atoms with Crippen LogP contribution >= 0.6 is 0 Å². The zero-order valence-electron chi connectivity index (χ0n) is 20.3. The van der Waals surface area contributed by atoms with Crippen molar-refractivity contribution in [2.45, 2.75) is 57.6 Å². The van der Waals surface area contributed by atoms with Gasteiger partial charge in [-0.2, -0.15) is 0 Å². The SMILES string of the molecule is COc1ccc2c(c1)CC[C@@H]1[C@@H]2CC[C@]2(C)[C@@H]3OC(=O)N(Cc4ccc([N+](=O)[O-])cc4)C[C@@H]3C[C@@H]12. The van der Waals surface area contributed by atoms with Crippen molar-refractivity contribution in [3.8, 4) is 5.75 Å². The van der Waals surface area contributed by atoms with Crippen molar-refractivity contribution >= 4 is 11.8 Å². The molecule has 0 radical (unpaired) electrons. The summed E-state index contributed by atoms with van der Waals surface area (Å²) < 4.78 is 11.6. The summed E-state index contributed by atoms with van der Waals surface area (Å²) >= 11 is 0. The number of carbonyl (C=O) groups is 1. The summed E-state index contributed by atoms with van der Waals surface area (Å²) in [5, 5.41) is 10.9. The number of amides is 1. The van der Waals surface area contributed by atoms with Crippen LogP contribution in [0.5, 0.6) is 5.75 Å². The molecule has 3 fully saturated rings. The molecule has 1 amide bonds. The third kappa shape index (κ3) is 3.58. The van der Waals surface area contributed by atoms with Gasteiger partial charge in [-0.05, 0) is 78.7 Å². The van der Waals surface area contributed by atoms with Crippen molar-refractivity contribution in [1.82, 2.24) is 4.90 Å². The maximum atomic E-state index is 13.0. The quantitative estimate of drug-likeness (QED) is 0.417. The average molecular weight is 477 g/mol. The van der Waals surface area contributed by atoms with E-state index in [1.807, 2.05) is 0 Å². The molecule has 4 aliphatic rings.